The van der Waals surface area contributed by atoms with Gasteiger partial charge in [-0.15, -0.1) is 0 Å². The average molecular weight is 507 g/mol. The van der Waals surface area contributed by atoms with Crippen molar-refractivity contribution in [2.45, 2.75) is 56.7 Å². The number of halogens is 1. The zero-order chi connectivity index (χ0) is 25.0. The molecule has 36 heavy (non-hydrogen) atoms. The highest BCUT2D eigenvalue weighted by Gasteiger charge is 2.55. The highest BCUT2D eigenvalue weighted by molar-refractivity contribution is 6.33. The van der Waals surface area contributed by atoms with Crippen LogP contribution in [-0.4, -0.2) is 58.3 Å². The topological polar surface area (TPSA) is 86.0 Å². The highest BCUT2D eigenvalue weighted by Crippen LogP contribution is 2.55. The minimum absolute atomic E-state index is 0.110. The summed E-state index contributed by atoms with van der Waals surface area (Å²) in [6, 6.07) is 7.31. The van der Waals surface area contributed by atoms with Crippen molar-refractivity contribution in [3.05, 3.63) is 52.6 Å². The molecule has 5 fully saturated rings. The van der Waals surface area contributed by atoms with Crippen LogP contribution in [0.1, 0.15) is 49.5 Å². The van der Waals surface area contributed by atoms with Gasteiger partial charge in [-0.05, 0) is 75.0 Å². The summed E-state index contributed by atoms with van der Waals surface area (Å²) >= 11 is 6.45. The molecule has 1 amide bonds. The molecule has 0 spiro atoms. The van der Waals surface area contributed by atoms with E-state index in [1.54, 1.807) is 24.4 Å². The van der Waals surface area contributed by atoms with Gasteiger partial charge in [0.2, 0.25) is 5.95 Å². The third-order valence-corrected chi connectivity index (χ3v) is 9.00. The predicted octanol–water partition coefficient (Wildman–Crippen LogP) is 4.07. The van der Waals surface area contributed by atoms with Crippen LogP contribution in [0.5, 0.6) is 0 Å². The number of hydrogen-bond acceptors (Lipinski definition) is 6. The van der Waals surface area contributed by atoms with Crippen molar-refractivity contribution < 1.29 is 9.90 Å². The van der Waals surface area contributed by atoms with E-state index < -0.39 is 5.60 Å². The van der Waals surface area contributed by atoms with Crippen LogP contribution in [0.15, 0.2) is 30.5 Å². The lowest BCUT2D eigenvalue weighted by atomic mass is 9.52. The number of amides is 1. The summed E-state index contributed by atoms with van der Waals surface area (Å²) in [6.07, 6.45) is 6.39. The predicted molar refractivity (Wildman–Crippen MR) is 139 cm³/mol. The molecular weight excluding hydrogens is 476 g/mol. The lowest BCUT2D eigenvalue weighted by Gasteiger charge is -2.58. The fourth-order valence-electron chi connectivity index (χ4n) is 7.35. The Hall–Kier alpha value is -2.89. The SMILES string of the molecule is [C-]#[N+]c1ccc(N2CCN(c3nccc(C(=O)NC4C5CC6CC4CC(O)(C6)C5)n3)[C@H](C)C2)c(Cl)c1. The van der Waals surface area contributed by atoms with Crippen LogP contribution in [0.2, 0.25) is 5.02 Å². The minimum Gasteiger partial charge on any atom is -0.390 e. The van der Waals surface area contributed by atoms with Gasteiger partial charge in [-0.3, -0.25) is 4.79 Å². The number of carbonyl (C=O) groups is 1. The molecule has 8 nitrogen and oxygen atoms in total. The Labute approximate surface area is 216 Å². The number of carbonyl (C=O) groups excluding carboxylic acids is 1. The molecule has 4 aliphatic carbocycles. The number of aliphatic hydroxyl groups is 1. The number of piperazine rings is 1. The summed E-state index contributed by atoms with van der Waals surface area (Å²) in [6.45, 7) is 11.4. The van der Waals surface area contributed by atoms with E-state index >= 15 is 0 Å². The minimum atomic E-state index is -0.513. The van der Waals surface area contributed by atoms with Crippen LogP contribution in [-0.2, 0) is 0 Å². The zero-order valence-electron chi connectivity index (χ0n) is 20.4. The van der Waals surface area contributed by atoms with Crippen LogP contribution in [0.25, 0.3) is 4.85 Å². The van der Waals surface area contributed by atoms with E-state index in [2.05, 4.69) is 36.9 Å². The van der Waals surface area contributed by atoms with Crippen LogP contribution < -0.4 is 15.1 Å². The molecule has 188 valence electrons. The molecule has 2 unspecified atom stereocenters. The van der Waals surface area contributed by atoms with Gasteiger partial charge in [-0.2, -0.15) is 0 Å². The maximum Gasteiger partial charge on any atom is 0.270 e. The summed E-state index contributed by atoms with van der Waals surface area (Å²) in [5, 5.41) is 14.7. The molecule has 5 aliphatic rings. The first kappa shape index (κ1) is 23.5. The summed E-state index contributed by atoms with van der Waals surface area (Å²) in [4.78, 5) is 30.2. The summed E-state index contributed by atoms with van der Waals surface area (Å²) < 4.78 is 0. The van der Waals surface area contributed by atoms with Crippen molar-refractivity contribution in [1.82, 2.24) is 15.3 Å². The third kappa shape index (κ3) is 4.18. The van der Waals surface area contributed by atoms with Crippen molar-refractivity contribution in [1.29, 1.82) is 0 Å². The second-order valence-electron chi connectivity index (χ2n) is 11.2. The van der Waals surface area contributed by atoms with E-state index in [0.717, 1.165) is 50.9 Å². The molecule has 7 rings (SSSR count). The Morgan fingerprint density at radius 3 is 2.67 bits per heavy atom. The number of nitrogens with one attached hydrogen (secondary N) is 1. The molecule has 9 heteroatoms. The Bertz CT molecular complexity index is 1210. The van der Waals surface area contributed by atoms with Crippen molar-refractivity contribution in [3.63, 3.8) is 0 Å². The van der Waals surface area contributed by atoms with Gasteiger partial charge in [-0.25, -0.2) is 14.8 Å². The molecule has 1 aliphatic heterocycles. The monoisotopic (exact) mass is 506 g/mol. The van der Waals surface area contributed by atoms with Crippen LogP contribution in [0.4, 0.5) is 17.3 Å². The van der Waals surface area contributed by atoms with E-state index in [0.29, 0.717) is 46.7 Å². The number of rotatable bonds is 4. The van der Waals surface area contributed by atoms with E-state index in [-0.39, 0.29) is 18.0 Å². The molecule has 2 N–H and O–H groups in total. The van der Waals surface area contributed by atoms with Gasteiger partial charge < -0.3 is 20.2 Å². The quantitative estimate of drug-likeness (QED) is 0.608. The largest absolute Gasteiger partial charge is 0.390 e. The lowest BCUT2D eigenvalue weighted by Crippen LogP contribution is -2.61. The van der Waals surface area contributed by atoms with E-state index in [4.69, 9.17) is 18.2 Å². The van der Waals surface area contributed by atoms with Gasteiger partial charge >= 0.3 is 0 Å². The second kappa shape index (κ2) is 8.89. The Morgan fingerprint density at radius 1 is 1.22 bits per heavy atom. The Kier molecular flexibility index (Phi) is 5.81. The smallest absolute Gasteiger partial charge is 0.270 e. The number of benzene rings is 1. The first-order valence-electron chi connectivity index (χ1n) is 12.9. The molecule has 1 aromatic heterocycles. The number of hydrogen-bond donors (Lipinski definition) is 2. The van der Waals surface area contributed by atoms with Crippen molar-refractivity contribution in [2.24, 2.45) is 17.8 Å². The van der Waals surface area contributed by atoms with Crippen molar-refractivity contribution in [3.8, 4) is 0 Å². The normalized spacial score (nSPS) is 32.9. The van der Waals surface area contributed by atoms with Gasteiger partial charge in [-0.1, -0.05) is 17.7 Å². The summed E-state index contributed by atoms with van der Waals surface area (Å²) in [5.74, 6) is 1.72. The fraction of sp³-hybridized carbons (Fsp3) is 0.556. The molecule has 2 heterocycles. The molecule has 2 aromatic rings. The van der Waals surface area contributed by atoms with Gasteiger partial charge in [0, 0.05) is 37.9 Å². The van der Waals surface area contributed by atoms with E-state index in [9.17, 15) is 9.90 Å². The first-order valence-corrected chi connectivity index (χ1v) is 13.2. The lowest BCUT2D eigenvalue weighted by molar-refractivity contribution is -0.136. The Balaban J connectivity index is 1.13. The molecule has 3 atom stereocenters. The zero-order valence-corrected chi connectivity index (χ0v) is 21.2. The molecule has 0 radical (unpaired) electrons. The van der Waals surface area contributed by atoms with Crippen LogP contribution >= 0.6 is 11.6 Å². The third-order valence-electron chi connectivity index (χ3n) is 8.70. The standard InChI is InChI=1S/C27H31ClN6O2/c1-16-15-33(23-4-3-20(29-2)11-21(23)28)7-8-34(16)26-30-6-5-22(31-26)25(35)32-24-18-9-17-10-19(24)14-27(36,12-17)13-18/h3-6,11,16-19,24,36H,7-10,12-15H2,1H3,(H,32,35)/t16-,17?,18?,19?,24?,27?/m1/s1. The van der Waals surface area contributed by atoms with E-state index in [1.807, 2.05) is 6.07 Å². The molecule has 4 saturated carbocycles. The maximum atomic E-state index is 13.2. The first-order chi connectivity index (χ1) is 17.3. The van der Waals surface area contributed by atoms with Crippen LogP contribution in [0.3, 0.4) is 0 Å². The fourth-order valence-corrected chi connectivity index (χ4v) is 7.65. The van der Waals surface area contributed by atoms with Gasteiger partial charge in [0.15, 0.2) is 5.69 Å². The van der Waals surface area contributed by atoms with Gasteiger partial charge in [0.05, 0.1) is 22.9 Å². The molecular formula is C27H31ClN6O2. The van der Waals surface area contributed by atoms with E-state index in [1.165, 1.54) is 0 Å². The summed E-state index contributed by atoms with van der Waals surface area (Å²) in [5.41, 5.74) is 1.33. The molecule has 1 aromatic carbocycles. The van der Waals surface area contributed by atoms with Crippen molar-refractivity contribution >= 4 is 34.8 Å². The van der Waals surface area contributed by atoms with Gasteiger partial charge in [0.1, 0.15) is 5.69 Å². The number of anilines is 2. The van der Waals surface area contributed by atoms with Crippen molar-refractivity contribution in [2.75, 3.05) is 29.4 Å². The highest BCUT2D eigenvalue weighted by atomic mass is 35.5. The molecule has 1 saturated heterocycles. The Morgan fingerprint density at radius 2 is 2.00 bits per heavy atom. The van der Waals surface area contributed by atoms with Gasteiger partial charge in [0.25, 0.3) is 5.91 Å². The number of aromatic nitrogens is 2. The summed E-state index contributed by atoms with van der Waals surface area (Å²) in [7, 11) is 0. The maximum absolute atomic E-state index is 13.2. The van der Waals surface area contributed by atoms with Crippen LogP contribution in [0, 0.1) is 24.3 Å². The number of nitrogens with zero attached hydrogens (tertiary/aromatic N) is 5. The average Bonchev–Trinajstić information content (AvgIpc) is 2.85. The second-order valence-corrected chi connectivity index (χ2v) is 11.6. The molecule has 4 bridgehead atoms.